The van der Waals surface area contributed by atoms with E-state index < -0.39 is 0 Å². The molecule has 1 aromatic heterocycles. The minimum Gasteiger partial charge on any atom is -0.413 e. The highest BCUT2D eigenvalue weighted by Gasteiger charge is 2.12. The van der Waals surface area contributed by atoms with Gasteiger partial charge in [-0.1, -0.05) is 27.2 Å². The van der Waals surface area contributed by atoms with E-state index >= 15 is 0 Å². The zero-order chi connectivity index (χ0) is 10.6. The van der Waals surface area contributed by atoms with Gasteiger partial charge in [-0.3, -0.25) is 4.57 Å². The lowest BCUT2D eigenvalue weighted by atomic mass is 10.1. The molecule has 0 saturated heterocycles. The van der Waals surface area contributed by atoms with Crippen molar-refractivity contribution in [1.29, 1.82) is 0 Å². The van der Waals surface area contributed by atoms with Crippen LogP contribution in [0.15, 0.2) is 15.4 Å². The van der Waals surface area contributed by atoms with Crippen molar-refractivity contribution in [2.45, 2.75) is 52.5 Å². The van der Waals surface area contributed by atoms with Gasteiger partial charge in [0.15, 0.2) is 0 Å². The minimum absolute atomic E-state index is 0.206. The van der Waals surface area contributed by atoms with Crippen LogP contribution in [0.2, 0.25) is 0 Å². The molecule has 0 aliphatic heterocycles. The van der Waals surface area contributed by atoms with Crippen LogP contribution in [-0.4, -0.2) is 4.57 Å². The van der Waals surface area contributed by atoms with Crippen LogP contribution in [-0.2, 0) is 6.42 Å². The Bertz CT molecular complexity index is 324. The normalized spacial score (nSPS) is 13.1. The summed E-state index contributed by atoms with van der Waals surface area (Å²) in [5.41, 5.74) is 0. The molecule has 0 spiro atoms. The molecule has 1 atom stereocenters. The Hall–Kier alpha value is -0.990. The molecule has 0 amide bonds. The van der Waals surface area contributed by atoms with Gasteiger partial charge in [-0.15, -0.1) is 0 Å². The number of rotatable bonds is 5. The fraction of sp³-hybridized carbons (Fsp3) is 0.727. The van der Waals surface area contributed by atoms with Crippen molar-refractivity contribution in [1.82, 2.24) is 4.57 Å². The molecule has 0 saturated carbocycles. The average molecular weight is 197 g/mol. The average Bonchev–Trinajstić information content (AvgIpc) is 2.56. The van der Waals surface area contributed by atoms with Gasteiger partial charge < -0.3 is 4.42 Å². The summed E-state index contributed by atoms with van der Waals surface area (Å²) in [7, 11) is 0. The Kier molecular flexibility index (Phi) is 3.98. The van der Waals surface area contributed by atoms with E-state index in [1.54, 1.807) is 4.57 Å². The first kappa shape index (κ1) is 11.1. The van der Waals surface area contributed by atoms with E-state index in [2.05, 4.69) is 13.8 Å². The highest BCUT2D eigenvalue weighted by molar-refractivity contribution is 4.92. The van der Waals surface area contributed by atoms with Crippen LogP contribution >= 0.6 is 0 Å². The first-order valence-electron chi connectivity index (χ1n) is 5.43. The zero-order valence-electron chi connectivity index (χ0n) is 9.25. The fourth-order valence-corrected chi connectivity index (χ4v) is 1.69. The van der Waals surface area contributed by atoms with Gasteiger partial charge in [0.2, 0.25) is 0 Å². The second-order valence-electron chi connectivity index (χ2n) is 3.57. The predicted octanol–water partition coefficient (Wildman–Crippen LogP) is 2.75. The van der Waals surface area contributed by atoms with Crippen molar-refractivity contribution in [2.75, 3.05) is 0 Å². The smallest absolute Gasteiger partial charge is 0.413 e. The predicted molar refractivity (Wildman–Crippen MR) is 56.6 cm³/mol. The Labute approximate surface area is 84.7 Å². The maximum Gasteiger partial charge on any atom is 0.419 e. The van der Waals surface area contributed by atoms with E-state index in [9.17, 15) is 4.79 Å². The summed E-state index contributed by atoms with van der Waals surface area (Å²) in [5, 5.41) is 0. The van der Waals surface area contributed by atoms with Gasteiger partial charge >= 0.3 is 5.76 Å². The van der Waals surface area contributed by atoms with E-state index in [4.69, 9.17) is 4.42 Å². The highest BCUT2D eigenvalue weighted by Crippen LogP contribution is 2.16. The summed E-state index contributed by atoms with van der Waals surface area (Å²) >= 11 is 0. The molecular formula is C11H19NO2. The molecule has 0 fully saturated rings. The number of aryl methyl sites for hydroxylation is 1. The number of aromatic nitrogens is 1. The third kappa shape index (κ3) is 2.28. The van der Waals surface area contributed by atoms with Gasteiger partial charge in [-0.25, -0.2) is 4.79 Å². The quantitative estimate of drug-likeness (QED) is 0.727. The fourth-order valence-electron chi connectivity index (χ4n) is 1.69. The number of hydrogen-bond acceptors (Lipinski definition) is 2. The van der Waals surface area contributed by atoms with Crippen LogP contribution < -0.4 is 5.76 Å². The topological polar surface area (TPSA) is 35.1 Å². The summed E-state index contributed by atoms with van der Waals surface area (Å²) in [6, 6.07) is 0.302. The summed E-state index contributed by atoms with van der Waals surface area (Å²) in [4.78, 5) is 11.5. The standard InChI is InChI=1S/C11H19NO2/c1-4-7-9(5-2)12-8-10(6-3)14-11(12)13/h8-9H,4-7H2,1-3H3. The Morgan fingerprint density at radius 1 is 1.43 bits per heavy atom. The number of nitrogens with zero attached hydrogens (tertiary/aromatic N) is 1. The van der Waals surface area contributed by atoms with Crippen molar-refractivity contribution in [3.8, 4) is 0 Å². The Morgan fingerprint density at radius 2 is 2.14 bits per heavy atom. The van der Waals surface area contributed by atoms with Crippen molar-refractivity contribution in [3.63, 3.8) is 0 Å². The zero-order valence-corrected chi connectivity index (χ0v) is 9.25. The number of hydrogen-bond donors (Lipinski definition) is 0. The van der Waals surface area contributed by atoms with Crippen LogP contribution in [0.25, 0.3) is 0 Å². The lowest BCUT2D eigenvalue weighted by Gasteiger charge is -2.12. The molecule has 1 aromatic rings. The van der Waals surface area contributed by atoms with Crippen molar-refractivity contribution in [3.05, 3.63) is 22.5 Å². The molecule has 1 rings (SSSR count). The maximum absolute atomic E-state index is 11.5. The lowest BCUT2D eigenvalue weighted by Crippen LogP contribution is -2.19. The van der Waals surface area contributed by atoms with E-state index in [1.807, 2.05) is 13.1 Å². The number of oxazole rings is 1. The monoisotopic (exact) mass is 197 g/mol. The van der Waals surface area contributed by atoms with Gasteiger partial charge in [0.05, 0.1) is 0 Å². The molecule has 0 radical (unpaired) electrons. The molecule has 3 heteroatoms. The Balaban J connectivity index is 2.91. The third-order valence-corrected chi connectivity index (χ3v) is 2.55. The summed E-state index contributed by atoms with van der Waals surface area (Å²) in [5.74, 6) is 0.576. The van der Waals surface area contributed by atoms with Crippen molar-refractivity contribution in [2.24, 2.45) is 0 Å². The maximum atomic E-state index is 11.5. The molecule has 1 heterocycles. The molecule has 0 N–H and O–H groups in total. The lowest BCUT2D eigenvalue weighted by molar-refractivity contribution is 0.388. The highest BCUT2D eigenvalue weighted by atomic mass is 16.4. The van der Waals surface area contributed by atoms with Gasteiger partial charge in [-0.05, 0) is 12.8 Å². The van der Waals surface area contributed by atoms with E-state index in [0.717, 1.165) is 31.4 Å². The van der Waals surface area contributed by atoms with Gasteiger partial charge in [0.25, 0.3) is 0 Å². The molecule has 0 bridgehead atoms. The molecule has 0 aliphatic rings. The SMILES string of the molecule is CCCC(CC)n1cc(CC)oc1=O. The van der Waals surface area contributed by atoms with Crippen LogP contribution in [0, 0.1) is 0 Å². The molecule has 1 unspecified atom stereocenters. The van der Waals surface area contributed by atoms with E-state index in [1.165, 1.54) is 0 Å². The first-order valence-corrected chi connectivity index (χ1v) is 5.43. The van der Waals surface area contributed by atoms with Crippen LogP contribution in [0.5, 0.6) is 0 Å². The summed E-state index contributed by atoms with van der Waals surface area (Å²) in [6.45, 7) is 6.23. The first-order chi connectivity index (χ1) is 6.72. The summed E-state index contributed by atoms with van der Waals surface area (Å²) in [6.07, 6.45) is 5.75. The van der Waals surface area contributed by atoms with E-state index in [-0.39, 0.29) is 5.76 Å². The molecule has 80 valence electrons. The molecule has 0 aromatic carbocycles. The van der Waals surface area contributed by atoms with Crippen LogP contribution in [0.4, 0.5) is 0 Å². The second kappa shape index (κ2) is 5.03. The third-order valence-electron chi connectivity index (χ3n) is 2.55. The molecular weight excluding hydrogens is 178 g/mol. The van der Waals surface area contributed by atoms with Gasteiger partial charge in [0, 0.05) is 18.7 Å². The molecule has 3 nitrogen and oxygen atoms in total. The van der Waals surface area contributed by atoms with Gasteiger partial charge in [-0.2, -0.15) is 0 Å². The second-order valence-corrected chi connectivity index (χ2v) is 3.57. The Morgan fingerprint density at radius 3 is 2.57 bits per heavy atom. The van der Waals surface area contributed by atoms with E-state index in [0.29, 0.717) is 6.04 Å². The molecule has 0 aliphatic carbocycles. The minimum atomic E-state index is -0.206. The summed E-state index contributed by atoms with van der Waals surface area (Å²) < 4.78 is 6.84. The largest absolute Gasteiger partial charge is 0.419 e. The van der Waals surface area contributed by atoms with Crippen LogP contribution in [0.3, 0.4) is 0 Å². The van der Waals surface area contributed by atoms with Crippen LogP contribution in [0.1, 0.15) is 51.8 Å². The molecule has 14 heavy (non-hydrogen) atoms. The van der Waals surface area contributed by atoms with Crippen molar-refractivity contribution >= 4 is 0 Å². The van der Waals surface area contributed by atoms with Gasteiger partial charge in [0.1, 0.15) is 5.76 Å². The van der Waals surface area contributed by atoms with Crippen molar-refractivity contribution < 1.29 is 4.42 Å².